The van der Waals surface area contributed by atoms with E-state index in [0.717, 1.165) is 6.42 Å². The lowest BCUT2D eigenvalue weighted by atomic mass is 9.85. The van der Waals surface area contributed by atoms with Gasteiger partial charge in [-0.25, -0.2) is 0 Å². The summed E-state index contributed by atoms with van der Waals surface area (Å²) < 4.78 is 0. The molecule has 86 valence electrons. The van der Waals surface area contributed by atoms with Crippen LogP contribution in [-0.4, -0.2) is 34.6 Å². The van der Waals surface area contributed by atoms with Gasteiger partial charge in [0.15, 0.2) is 0 Å². The highest BCUT2D eigenvalue weighted by molar-refractivity contribution is 5.75. The molecule has 0 saturated carbocycles. The zero-order valence-electron chi connectivity index (χ0n) is 9.33. The molecule has 5 heteroatoms. The molecule has 2 unspecified atom stereocenters. The number of aliphatic carboxylic acids is 1. The molecule has 5 nitrogen and oxygen atoms in total. The molecule has 1 aliphatic heterocycles. The van der Waals surface area contributed by atoms with Gasteiger partial charge in [0.25, 0.3) is 0 Å². The fourth-order valence-corrected chi connectivity index (χ4v) is 2.13. The highest BCUT2D eigenvalue weighted by Gasteiger charge is 2.36. The van der Waals surface area contributed by atoms with Crippen LogP contribution in [0.2, 0.25) is 0 Å². The molecule has 0 aromatic carbocycles. The molecule has 15 heavy (non-hydrogen) atoms. The van der Waals surface area contributed by atoms with Crippen LogP contribution in [0.3, 0.4) is 0 Å². The van der Waals surface area contributed by atoms with E-state index < -0.39 is 12.0 Å². The number of nitrogens with one attached hydrogen (secondary N) is 2. The van der Waals surface area contributed by atoms with Gasteiger partial charge in [0, 0.05) is 18.5 Å². The summed E-state index contributed by atoms with van der Waals surface area (Å²) in [6, 6.07) is -0.634. The Morgan fingerprint density at radius 2 is 2.07 bits per heavy atom. The molecule has 1 amide bonds. The second kappa shape index (κ2) is 4.18. The van der Waals surface area contributed by atoms with E-state index >= 15 is 0 Å². The number of hydrogen-bond donors (Lipinski definition) is 3. The van der Waals surface area contributed by atoms with Gasteiger partial charge in [-0.3, -0.25) is 14.9 Å². The van der Waals surface area contributed by atoms with E-state index in [1.54, 1.807) is 0 Å². The highest BCUT2D eigenvalue weighted by Crippen LogP contribution is 2.22. The summed E-state index contributed by atoms with van der Waals surface area (Å²) in [5.74, 6) is -0.972. The van der Waals surface area contributed by atoms with Crippen molar-refractivity contribution in [3.63, 3.8) is 0 Å². The van der Waals surface area contributed by atoms with E-state index in [0.29, 0.717) is 6.42 Å². The number of amides is 1. The maximum atomic E-state index is 10.9. The third-order valence-corrected chi connectivity index (χ3v) is 2.55. The molecule has 0 aromatic heterocycles. The van der Waals surface area contributed by atoms with Gasteiger partial charge in [-0.15, -0.1) is 0 Å². The standard InChI is InChI=1S/C10H18N2O3/c1-6(13)11-7-4-8(9(14)15)12-10(2,3)5-7/h7-8,12H,4-5H2,1-3H3,(H,11,13)(H,14,15). The summed E-state index contributed by atoms with van der Waals surface area (Å²) in [6.07, 6.45) is 1.19. The summed E-state index contributed by atoms with van der Waals surface area (Å²) in [6.45, 7) is 5.33. The molecular formula is C10H18N2O3. The van der Waals surface area contributed by atoms with Gasteiger partial charge in [-0.1, -0.05) is 0 Å². The van der Waals surface area contributed by atoms with Crippen LogP contribution < -0.4 is 10.6 Å². The topological polar surface area (TPSA) is 78.4 Å². The maximum absolute atomic E-state index is 10.9. The molecule has 0 aliphatic carbocycles. The van der Waals surface area contributed by atoms with Gasteiger partial charge in [-0.05, 0) is 26.7 Å². The fraction of sp³-hybridized carbons (Fsp3) is 0.800. The number of carboxylic acids is 1. The van der Waals surface area contributed by atoms with Crippen LogP contribution in [-0.2, 0) is 9.59 Å². The Morgan fingerprint density at radius 1 is 1.47 bits per heavy atom. The average molecular weight is 214 g/mol. The summed E-state index contributed by atoms with van der Waals surface area (Å²) in [4.78, 5) is 21.8. The van der Waals surface area contributed by atoms with Gasteiger partial charge in [-0.2, -0.15) is 0 Å². The molecule has 0 aromatic rings. The molecule has 1 saturated heterocycles. The Labute approximate surface area is 89.2 Å². The summed E-state index contributed by atoms with van der Waals surface area (Å²) in [7, 11) is 0. The van der Waals surface area contributed by atoms with Crippen molar-refractivity contribution in [3.8, 4) is 0 Å². The largest absolute Gasteiger partial charge is 0.480 e. The first-order chi connectivity index (χ1) is 6.80. The van der Waals surface area contributed by atoms with Crippen molar-refractivity contribution in [3.05, 3.63) is 0 Å². The van der Waals surface area contributed by atoms with Crippen LogP contribution in [0, 0.1) is 0 Å². The van der Waals surface area contributed by atoms with Crippen molar-refractivity contribution < 1.29 is 14.7 Å². The minimum Gasteiger partial charge on any atom is -0.480 e. The van der Waals surface area contributed by atoms with Crippen molar-refractivity contribution in [1.29, 1.82) is 0 Å². The molecule has 1 rings (SSSR count). The molecule has 0 bridgehead atoms. The number of carboxylic acid groups (broad SMARTS) is 1. The van der Waals surface area contributed by atoms with Gasteiger partial charge in [0.1, 0.15) is 6.04 Å². The zero-order valence-corrected chi connectivity index (χ0v) is 9.33. The van der Waals surface area contributed by atoms with E-state index in [2.05, 4.69) is 10.6 Å². The first kappa shape index (κ1) is 12.0. The fourth-order valence-electron chi connectivity index (χ4n) is 2.13. The first-order valence-electron chi connectivity index (χ1n) is 5.08. The lowest BCUT2D eigenvalue weighted by Gasteiger charge is -2.40. The summed E-state index contributed by atoms with van der Waals surface area (Å²) >= 11 is 0. The molecule has 1 aliphatic rings. The van der Waals surface area contributed by atoms with E-state index in [-0.39, 0.29) is 17.5 Å². The Balaban J connectivity index is 2.67. The number of piperidine rings is 1. The normalized spacial score (nSPS) is 29.5. The Bertz CT molecular complexity index is 276. The van der Waals surface area contributed by atoms with Gasteiger partial charge >= 0.3 is 5.97 Å². The smallest absolute Gasteiger partial charge is 0.320 e. The predicted molar refractivity (Wildman–Crippen MR) is 55.5 cm³/mol. The second-order valence-electron chi connectivity index (χ2n) is 4.76. The lowest BCUT2D eigenvalue weighted by molar-refractivity contribution is -0.141. The molecular weight excluding hydrogens is 196 g/mol. The summed E-state index contributed by atoms with van der Waals surface area (Å²) in [5, 5.41) is 14.8. The molecule has 0 spiro atoms. The Morgan fingerprint density at radius 3 is 2.53 bits per heavy atom. The molecule has 0 radical (unpaired) electrons. The van der Waals surface area contributed by atoms with Crippen LogP contribution in [0.4, 0.5) is 0 Å². The van der Waals surface area contributed by atoms with E-state index in [1.807, 2.05) is 13.8 Å². The van der Waals surface area contributed by atoms with Crippen molar-refractivity contribution in [2.24, 2.45) is 0 Å². The van der Waals surface area contributed by atoms with Gasteiger partial charge in [0.2, 0.25) is 5.91 Å². The minimum absolute atomic E-state index is 0.0557. The van der Waals surface area contributed by atoms with Crippen LogP contribution in [0.5, 0.6) is 0 Å². The van der Waals surface area contributed by atoms with Crippen LogP contribution >= 0.6 is 0 Å². The van der Waals surface area contributed by atoms with Gasteiger partial charge in [0.05, 0.1) is 0 Å². The minimum atomic E-state index is -0.863. The highest BCUT2D eigenvalue weighted by atomic mass is 16.4. The van der Waals surface area contributed by atoms with E-state index in [1.165, 1.54) is 6.92 Å². The SMILES string of the molecule is CC(=O)NC1CC(C(=O)O)NC(C)(C)C1. The quantitative estimate of drug-likeness (QED) is 0.609. The van der Waals surface area contributed by atoms with Gasteiger partial charge < -0.3 is 10.4 Å². The number of hydrogen-bond acceptors (Lipinski definition) is 3. The van der Waals surface area contributed by atoms with Crippen LogP contribution in [0.1, 0.15) is 33.6 Å². The Kier molecular flexibility index (Phi) is 3.34. The third kappa shape index (κ3) is 3.51. The van der Waals surface area contributed by atoms with E-state index in [9.17, 15) is 9.59 Å². The van der Waals surface area contributed by atoms with Crippen molar-refractivity contribution in [1.82, 2.24) is 10.6 Å². The predicted octanol–water partition coefficient (Wildman–Crippen LogP) is 0.106. The van der Waals surface area contributed by atoms with Crippen molar-refractivity contribution in [2.75, 3.05) is 0 Å². The Hall–Kier alpha value is -1.10. The first-order valence-corrected chi connectivity index (χ1v) is 5.08. The molecule has 2 atom stereocenters. The molecule has 1 heterocycles. The number of carbonyl (C=O) groups excluding carboxylic acids is 1. The second-order valence-corrected chi connectivity index (χ2v) is 4.76. The monoisotopic (exact) mass is 214 g/mol. The molecule has 1 fully saturated rings. The van der Waals surface area contributed by atoms with Crippen LogP contribution in [0.15, 0.2) is 0 Å². The van der Waals surface area contributed by atoms with Crippen molar-refractivity contribution >= 4 is 11.9 Å². The average Bonchev–Trinajstić information content (AvgIpc) is 1.98. The zero-order chi connectivity index (χ0) is 11.6. The van der Waals surface area contributed by atoms with Crippen molar-refractivity contribution in [2.45, 2.75) is 51.2 Å². The van der Waals surface area contributed by atoms with Crippen LogP contribution in [0.25, 0.3) is 0 Å². The third-order valence-electron chi connectivity index (χ3n) is 2.55. The maximum Gasteiger partial charge on any atom is 0.320 e. The van der Waals surface area contributed by atoms with E-state index in [4.69, 9.17) is 5.11 Å². The summed E-state index contributed by atoms with van der Waals surface area (Å²) in [5.41, 5.74) is -0.256. The lowest BCUT2D eigenvalue weighted by Crippen LogP contribution is -2.59. The number of rotatable bonds is 2. The molecule has 3 N–H and O–H groups in total. The number of carbonyl (C=O) groups is 2.